The van der Waals surface area contributed by atoms with Gasteiger partial charge in [-0.25, -0.2) is 0 Å². The van der Waals surface area contributed by atoms with E-state index in [1.165, 1.54) is 0 Å². The van der Waals surface area contributed by atoms with Gasteiger partial charge in [-0.3, -0.25) is 9.78 Å². The third-order valence-corrected chi connectivity index (χ3v) is 1.58. The fraction of sp³-hybridized carbons (Fsp3) is 0.250. The molecule has 0 fully saturated rings. The monoisotopic (exact) mass is 184 g/mol. The zero-order valence-electron chi connectivity index (χ0n) is 6.46. The highest BCUT2D eigenvalue weighted by Crippen LogP contribution is 1.93. The maximum atomic E-state index is 10.7. The number of amides is 1. The molecule has 1 aromatic rings. The lowest BCUT2D eigenvalue weighted by Crippen LogP contribution is -2.23. The molecule has 1 amide bonds. The van der Waals surface area contributed by atoms with Crippen molar-refractivity contribution in [2.45, 2.75) is 6.54 Å². The van der Waals surface area contributed by atoms with Crippen LogP contribution in [0.15, 0.2) is 24.5 Å². The summed E-state index contributed by atoms with van der Waals surface area (Å²) in [5.41, 5.74) is 0.968. The summed E-state index contributed by atoms with van der Waals surface area (Å²) in [5, 5.41) is 2.64. The first kappa shape index (κ1) is 9.00. The third kappa shape index (κ3) is 2.88. The van der Waals surface area contributed by atoms with Gasteiger partial charge in [0.15, 0.2) is 0 Å². The van der Waals surface area contributed by atoms with Crippen LogP contribution in [0.3, 0.4) is 0 Å². The normalized spacial score (nSPS) is 9.42. The van der Waals surface area contributed by atoms with Gasteiger partial charge in [-0.05, 0) is 11.6 Å². The second kappa shape index (κ2) is 4.72. The molecule has 1 heterocycles. The average molecular weight is 185 g/mol. The molecule has 3 nitrogen and oxygen atoms in total. The van der Waals surface area contributed by atoms with E-state index in [0.29, 0.717) is 6.54 Å². The van der Waals surface area contributed by atoms with Crippen LogP contribution in [0.4, 0.5) is 0 Å². The lowest BCUT2D eigenvalue weighted by atomic mass is 10.3. The number of carbonyl (C=O) groups is 1. The van der Waals surface area contributed by atoms with E-state index in [4.69, 9.17) is 11.6 Å². The molecule has 0 aliphatic rings. The van der Waals surface area contributed by atoms with Gasteiger partial charge in [0.1, 0.15) is 5.88 Å². The largest absolute Gasteiger partial charge is 0.351 e. The molecule has 1 aromatic heterocycles. The summed E-state index contributed by atoms with van der Waals surface area (Å²) in [6, 6.07) is 3.71. The summed E-state index contributed by atoms with van der Waals surface area (Å²) < 4.78 is 0. The van der Waals surface area contributed by atoms with Gasteiger partial charge >= 0.3 is 0 Å². The van der Waals surface area contributed by atoms with Crippen LogP contribution in [0.2, 0.25) is 0 Å². The van der Waals surface area contributed by atoms with Gasteiger partial charge in [0.25, 0.3) is 0 Å². The summed E-state index contributed by atoms with van der Waals surface area (Å²) in [7, 11) is 0. The quantitative estimate of drug-likeness (QED) is 0.711. The summed E-state index contributed by atoms with van der Waals surface area (Å²) >= 11 is 5.29. The van der Waals surface area contributed by atoms with Crippen molar-refractivity contribution in [3.05, 3.63) is 30.1 Å². The van der Waals surface area contributed by atoms with Crippen molar-refractivity contribution in [3.8, 4) is 0 Å². The van der Waals surface area contributed by atoms with Gasteiger partial charge in [0.2, 0.25) is 5.91 Å². The van der Waals surface area contributed by atoms with Crippen LogP contribution in [-0.2, 0) is 11.3 Å². The Morgan fingerprint density at radius 3 is 3.08 bits per heavy atom. The minimum atomic E-state index is -0.166. The molecule has 1 N–H and O–H groups in total. The molecule has 0 atom stereocenters. The van der Waals surface area contributed by atoms with Gasteiger partial charge in [0.05, 0.1) is 0 Å². The maximum absolute atomic E-state index is 10.7. The molecule has 4 heteroatoms. The second-order valence-electron chi connectivity index (χ2n) is 2.27. The smallest absolute Gasteiger partial charge is 0.235 e. The van der Waals surface area contributed by atoms with Crippen LogP contribution in [0.1, 0.15) is 5.56 Å². The summed E-state index contributed by atoms with van der Waals surface area (Å²) in [6.45, 7) is 0.486. The molecule has 1 rings (SSSR count). The Bertz CT molecular complexity index is 250. The van der Waals surface area contributed by atoms with E-state index in [9.17, 15) is 4.79 Å². The lowest BCUT2D eigenvalue weighted by Gasteiger charge is -2.01. The standard InChI is InChI=1S/C8H9ClN2O/c9-4-8(12)11-6-7-2-1-3-10-5-7/h1-3,5H,4,6H2,(H,11,12). The number of halogens is 1. The van der Waals surface area contributed by atoms with Gasteiger partial charge in [0, 0.05) is 18.9 Å². The fourth-order valence-corrected chi connectivity index (χ4v) is 0.845. The van der Waals surface area contributed by atoms with E-state index in [1.54, 1.807) is 12.4 Å². The molecule has 0 saturated heterocycles. The highest BCUT2D eigenvalue weighted by Gasteiger charge is 1.96. The Morgan fingerprint density at radius 1 is 1.67 bits per heavy atom. The molecule has 64 valence electrons. The molecule has 0 bridgehead atoms. The number of alkyl halides is 1. The van der Waals surface area contributed by atoms with Crippen molar-refractivity contribution in [1.29, 1.82) is 0 Å². The summed E-state index contributed by atoms with van der Waals surface area (Å²) in [5.74, 6) is -0.166. The SMILES string of the molecule is O=C(CCl)NCc1cccnc1. The van der Waals surface area contributed by atoms with E-state index in [-0.39, 0.29) is 11.8 Å². The third-order valence-electron chi connectivity index (χ3n) is 1.33. The number of rotatable bonds is 3. The Labute approximate surface area is 75.8 Å². The molecule has 0 aromatic carbocycles. The van der Waals surface area contributed by atoms with E-state index >= 15 is 0 Å². The van der Waals surface area contributed by atoms with Crippen molar-refractivity contribution in [2.24, 2.45) is 0 Å². The van der Waals surface area contributed by atoms with E-state index in [0.717, 1.165) is 5.56 Å². The first-order chi connectivity index (χ1) is 5.83. The molecule has 0 radical (unpaired) electrons. The fourth-order valence-electron chi connectivity index (χ4n) is 0.751. The molecular formula is C8H9ClN2O. The van der Waals surface area contributed by atoms with Crippen molar-refractivity contribution < 1.29 is 4.79 Å². The van der Waals surface area contributed by atoms with Crippen LogP contribution < -0.4 is 5.32 Å². The Balaban J connectivity index is 2.38. The zero-order chi connectivity index (χ0) is 8.81. The number of nitrogens with one attached hydrogen (secondary N) is 1. The van der Waals surface area contributed by atoms with E-state index in [1.807, 2.05) is 12.1 Å². The van der Waals surface area contributed by atoms with Crippen LogP contribution >= 0.6 is 11.6 Å². The first-order valence-corrected chi connectivity index (χ1v) is 4.08. The Morgan fingerprint density at radius 2 is 2.50 bits per heavy atom. The van der Waals surface area contributed by atoms with Crippen LogP contribution in [0.25, 0.3) is 0 Å². The Kier molecular flexibility index (Phi) is 3.54. The molecule has 12 heavy (non-hydrogen) atoms. The number of pyridine rings is 1. The van der Waals surface area contributed by atoms with Crippen LogP contribution in [0.5, 0.6) is 0 Å². The van der Waals surface area contributed by atoms with Gasteiger partial charge in [-0.1, -0.05) is 6.07 Å². The molecule has 0 saturated carbocycles. The number of hydrogen-bond donors (Lipinski definition) is 1. The summed E-state index contributed by atoms with van der Waals surface area (Å²) in [6.07, 6.45) is 3.39. The number of nitrogens with zero attached hydrogens (tertiary/aromatic N) is 1. The molecule has 0 aliphatic heterocycles. The predicted molar refractivity (Wildman–Crippen MR) is 46.8 cm³/mol. The van der Waals surface area contributed by atoms with Gasteiger partial charge < -0.3 is 5.32 Å². The van der Waals surface area contributed by atoms with E-state index < -0.39 is 0 Å². The number of carbonyl (C=O) groups excluding carboxylic acids is 1. The molecule has 0 aliphatic carbocycles. The van der Waals surface area contributed by atoms with Crippen molar-refractivity contribution in [1.82, 2.24) is 10.3 Å². The van der Waals surface area contributed by atoms with Gasteiger partial charge in [-0.15, -0.1) is 11.6 Å². The minimum absolute atomic E-state index is 0.000260. The summed E-state index contributed by atoms with van der Waals surface area (Å²) in [4.78, 5) is 14.6. The lowest BCUT2D eigenvalue weighted by molar-refractivity contribution is -0.118. The molecular weight excluding hydrogens is 176 g/mol. The van der Waals surface area contributed by atoms with Crippen LogP contribution in [0, 0.1) is 0 Å². The highest BCUT2D eigenvalue weighted by molar-refractivity contribution is 6.27. The first-order valence-electron chi connectivity index (χ1n) is 3.54. The minimum Gasteiger partial charge on any atom is -0.351 e. The zero-order valence-corrected chi connectivity index (χ0v) is 7.21. The number of aromatic nitrogens is 1. The predicted octanol–water partition coefficient (Wildman–Crippen LogP) is 0.937. The highest BCUT2D eigenvalue weighted by atomic mass is 35.5. The molecule has 0 spiro atoms. The van der Waals surface area contributed by atoms with Crippen molar-refractivity contribution in [3.63, 3.8) is 0 Å². The maximum Gasteiger partial charge on any atom is 0.235 e. The van der Waals surface area contributed by atoms with Crippen molar-refractivity contribution >= 4 is 17.5 Å². The van der Waals surface area contributed by atoms with Crippen molar-refractivity contribution in [2.75, 3.05) is 5.88 Å². The van der Waals surface area contributed by atoms with Crippen LogP contribution in [-0.4, -0.2) is 16.8 Å². The number of hydrogen-bond acceptors (Lipinski definition) is 2. The molecule has 0 unspecified atom stereocenters. The van der Waals surface area contributed by atoms with E-state index in [2.05, 4.69) is 10.3 Å². The average Bonchev–Trinajstić information content (AvgIpc) is 2.16. The second-order valence-corrected chi connectivity index (χ2v) is 2.54. The topological polar surface area (TPSA) is 42.0 Å². The Hall–Kier alpha value is -1.09. The van der Waals surface area contributed by atoms with Gasteiger partial charge in [-0.2, -0.15) is 0 Å².